The van der Waals surface area contributed by atoms with Gasteiger partial charge in [0.25, 0.3) is 5.91 Å². The Morgan fingerprint density at radius 2 is 1.43 bits per heavy atom. The number of carbonyl (C=O) groups is 2. The van der Waals surface area contributed by atoms with Gasteiger partial charge >= 0.3 is 5.97 Å². The molecule has 0 atom stereocenters. The lowest BCUT2D eigenvalue weighted by Crippen LogP contribution is -2.17. The molecule has 0 radical (unpaired) electrons. The van der Waals surface area contributed by atoms with Gasteiger partial charge in [0.1, 0.15) is 23.9 Å². The number of nitrogens with zero attached hydrogens (tertiary/aromatic N) is 1. The maximum Gasteiger partial charge on any atom is 0.343 e. The highest BCUT2D eigenvalue weighted by Crippen LogP contribution is 2.23. The van der Waals surface area contributed by atoms with Gasteiger partial charge in [-0.15, -0.1) is 0 Å². The SMILES string of the molecule is CCCOc1ccc(C(=O)Oc2ccc(/C=N/NC(=O)c3ccc(OCc4ccc(Cl)cc4Cl)cc3)cc2)cc1. The molecule has 0 spiro atoms. The van der Waals surface area contributed by atoms with E-state index in [1.807, 2.05) is 6.92 Å². The van der Waals surface area contributed by atoms with E-state index in [9.17, 15) is 9.59 Å². The molecule has 40 heavy (non-hydrogen) atoms. The summed E-state index contributed by atoms with van der Waals surface area (Å²) < 4.78 is 16.7. The van der Waals surface area contributed by atoms with E-state index in [1.54, 1.807) is 91.0 Å². The van der Waals surface area contributed by atoms with Gasteiger partial charge in [-0.2, -0.15) is 5.10 Å². The van der Waals surface area contributed by atoms with Crippen LogP contribution in [-0.2, 0) is 6.61 Å². The summed E-state index contributed by atoms with van der Waals surface area (Å²) in [4.78, 5) is 24.8. The Kier molecular flexibility index (Phi) is 10.2. The lowest BCUT2D eigenvalue weighted by atomic mass is 10.2. The molecule has 1 amide bonds. The smallest absolute Gasteiger partial charge is 0.343 e. The largest absolute Gasteiger partial charge is 0.494 e. The van der Waals surface area contributed by atoms with Gasteiger partial charge in [0.05, 0.1) is 18.4 Å². The molecule has 0 aliphatic rings. The predicted octanol–water partition coefficient (Wildman–Crippen LogP) is 7.34. The molecule has 204 valence electrons. The summed E-state index contributed by atoms with van der Waals surface area (Å²) in [7, 11) is 0. The fraction of sp³-hybridized carbons (Fsp3) is 0.129. The summed E-state index contributed by atoms with van der Waals surface area (Å²) in [5.41, 5.74) is 4.84. The zero-order valence-electron chi connectivity index (χ0n) is 21.6. The Morgan fingerprint density at radius 3 is 2.08 bits per heavy atom. The van der Waals surface area contributed by atoms with E-state index in [1.165, 1.54) is 6.21 Å². The maximum absolute atomic E-state index is 12.4. The van der Waals surface area contributed by atoms with Crippen LogP contribution in [0.1, 0.15) is 45.2 Å². The van der Waals surface area contributed by atoms with Gasteiger partial charge < -0.3 is 14.2 Å². The van der Waals surface area contributed by atoms with Gasteiger partial charge in [0.2, 0.25) is 0 Å². The Balaban J connectivity index is 1.24. The van der Waals surface area contributed by atoms with Crippen LogP contribution in [0.15, 0.2) is 96.1 Å². The van der Waals surface area contributed by atoms with Crippen molar-refractivity contribution in [3.05, 3.63) is 123 Å². The number of carbonyl (C=O) groups excluding carboxylic acids is 2. The minimum atomic E-state index is -0.471. The topological polar surface area (TPSA) is 86.2 Å². The van der Waals surface area contributed by atoms with Crippen molar-refractivity contribution < 1.29 is 23.8 Å². The van der Waals surface area contributed by atoms with E-state index in [-0.39, 0.29) is 12.5 Å². The van der Waals surface area contributed by atoms with Gasteiger partial charge in [-0.25, -0.2) is 10.2 Å². The van der Waals surface area contributed by atoms with Crippen molar-refractivity contribution in [3.63, 3.8) is 0 Å². The van der Waals surface area contributed by atoms with Gasteiger partial charge in [-0.05, 0) is 96.9 Å². The number of benzene rings is 4. The second-order valence-electron chi connectivity index (χ2n) is 8.58. The van der Waals surface area contributed by atoms with E-state index in [0.29, 0.717) is 50.6 Å². The number of amides is 1. The van der Waals surface area contributed by atoms with E-state index in [2.05, 4.69) is 10.5 Å². The van der Waals surface area contributed by atoms with Crippen molar-refractivity contribution in [1.29, 1.82) is 0 Å². The lowest BCUT2D eigenvalue weighted by molar-refractivity contribution is 0.0734. The summed E-state index contributed by atoms with van der Waals surface area (Å²) in [6, 6.07) is 25.4. The van der Waals surface area contributed by atoms with Crippen LogP contribution in [0.3, 0.4) is 0 Å². The third kappa shape index (κ3) is 8.33. The molecule has 0 unspecified atom stereocenters. The highest BCUT2D eigenvalue weighted by atomic mass is 35.5. The molecule has 1 N–H and O–H groups in total. The zero-order chi connectivity index (χ0) is 28.3. The monoisotopic (exact) mass is 576 g/mol. The van der Waals surface area contributed by atoms with Crippen molar-refractivity contribution >= 4 is 41.3 Å². The quantitative estimate of drug-likeness (QED) is 0.0873. The summed E-state index contributed by atoms with van der Waals surface area (Å²) in [6.07, 6.45) is 2.40. The number of ether oxygens (including phenoxy) is 3. The number of halogens is 2. The molecule has 4 aromatic rings. The van der Waals surface area contributed by atoms with Crippen LogP contribution >= 0.6 is 23.2 Å². The number of hydrogen-bond acceptors (Lipinski definition) is 6. The van der Waals surface area contributed by atoms with Gasteiger partial charge in [-0.3, -0.25) is 4.79 Å². The summed E-state index contributed by atoms with van der Waals surface area (Å²) in [5, 5.41) is 5.08. The molecule has 0 heterocycles. The van der Waals surface area contributed by atoms with E-state index >= 15 is 0 Å². The van der Waals surface area contributed by atoms with Crippen molar-refractivity contribution in [2.24, 2.45) is 5.10 Å². The first-order chi connectivity index (χ1) is 19.4. The number of rotatable bonds is 11. The molecule has 0 saturated carbocycles. The molecule has 4 aromatic carbocycles. The van der Waals surface area contributed by atoms with Crippen molar-refractivity contribution in [2.75, 3.05) is 6.61 Å². The molecular weight excluding hydrogens is 551 g/mol. The van der Waals surface area contributed by atoms with Crippen LogP contribution in [0.5, 0.6) is 17.2 Å². The Bertz CT molecular complexity index is 1470. The van der Waals surface area contributed by atoms with E-state index in [4.69, 9.17) is 37.4 Å². The van der Waals surface area contributed by atoms with Crippen LogP contribution in [0.4, 0.5) is 0 Å². The minimum absolute atomic E-state index is 0.269. The average Bonchev–Trinajstić information content (AvgIpc) is 2.97. The van der Waals surface area contributed by atoms with E-state index < -0.39 is 5.97 Å². The number of hydrazone groups is 1. The molecule has 0 aliphatic carbocycles. The first kappa shape index (κ1) is 28.7. The first-order valence-corrected chi connectivity index (χ1v) is 13.2. The van der Waals surface area contributed by atoms with Gasteiger partial charge in [0, 0.05) is 21.2 Å². The zero-order valence-corrected chi connectivity index (χ0v) is 23.1. The molecule has 0 saturated heterocycles. The third-order valence-corrected chi connectivity index (χ3v) is 6.15. The van der Waals surface area contributed by atoms with Crippen LogP contribution in [0.2, 0.25) is 10.0 Å². The van der Waals surface area contributed by atoms with Crippen molar-refractivity contribution in [1.82, 2.24) is 5.43 Å². The Morgan fingerprint density at radius 1 is 0.800 bits per heavy atom. The molecule has 0 bridgehead atoms. The van der Waals surface area contributed by atoms with Crippen LogP contribution in [0.25, 0.3) is 0 Å². The number of esters is 1. The summed E-state index contributed by atoms with van der Waals surface area (Å²) in [5.74, 6) is 0.834. The normalized spacial score (nSPS) is 10.8. The number of nitrogens with one attached hydrogen (secondary N) is 1. The van der Waals surface area contributed by atoms with E-state index in [0.717, 1.165) is 12.0 Å². The summed E-state index contributed by atoms with van der Waals surface area (Å²) in [6.45, 7) is 2.91. The average molecular weight is 577 g/mol. The fourth-order valence-corrected chi connectivity index (χ4v) is 3.89. The van der Waals surface area contributed by atoms with Crippen LogP contribution < -0.4 is 19.6 Å². The minimum Gasteiger partial charge on any atom is -0.494 e. The standard InChI is InChI=1S/C31H26Cl2N2O5/c1-2-17-38-26-15-8-23(9-16-26)31(37)40-28-11-3-21(4-12-28)19-34-35-30(36)22-6-13-27(14-7-22)39-20-24-5-10-25(32)18-29(24)33/h3-16,18-19H,2,17,20H2,1H3,(H,35,36)/b34-19+. The third-order valence-electron chi connectivity index (χ3n) is 5.56. The molecule has 0 aromatic heterocycles. The molecule has 9 heteroatoms. The highest BCUT2D eigenvalue weighted by molar-refractivity contribution is 6.35. The van der Waals surface area contributed by atoms with Crippen LogP contribution in [0, 0.1) is 0 Å². The molecular formula is C31H26Cl2N2O5. The molecule has 0 fully saturated rings. The second-order valence-corrected chi connectivity index (χ2v) is 9.42. The molecule has 4 rings (SSSR count). The lowest BCUT2D eigenvalue weighted by Gasteiger charge is -2.08. The summed E-state index contributed by atoms with van der Waals surface area (Å²) >= 11 is 12.1. The molecule has 0 aliphatic heterocycles. The second kappa shape index (κ2) is 14.2. The Labute approximate surface area is 242 Å². The van der Waals surface area contributed by atoms with Crippen molar-refractivity contribution in [2.45, 2.75) is 20.0 Å². The number of hydrogen-bond donors (Lipinski definition) is 1. The van der Waals surface area contributed by atoms with Gasteiger partial charge in [-0.1, -0.05) is 36.2 Å². The highest BCUT2D eigenvalue weighted by Gasteiger charge is 2.09. The first-order valence-electron chi connectivity index (χ1n) is 12.5. The van der Waals surface area contributed by atoms with Crippen molar-refractivity contribution in [3.8, 4) is 17.2 Å². The fourth-order valence-electron chi connectivity index (χ4n) is 3.43. The van der Waals surface area contributed by atoms with Gasteiger partial charge in [0.15, 0.2) is 0 Å². The maximum atomic E-state index is 12.4. The Hall–Kier alpha value is -4.33. The predicted molar refractivity (Wildman–Crippen MR) is 156 cm³/mol. The van der Waals surface area contributed by atoms with Crippen LogP contribution in [-0.4, -0.2) is 24.7 Å². The molecule has 7 nitrogen and oxygen atoms in total.